The van der Waals surface area contributed by atoms with E-state index in [1.54, 1.807) is 30.5 Å². The van der Waals surface area contributed by atoms with Crippen LogP contribution in [0.1, 0.15) is 16.1 Å². The average molecular weight is 391 g/mol. The number of amides is 1. The van der Waals surface area contributed by atoms with Crippen molar-refractivity contribution in [3.05, 3.63) is 70.1 Å². The molecule has 8 nitrogen and oxygen atoms in total. The van der Waals surface area contributed by atoms with Crippen molar-refractivity contribution in [2.24, 2.45) is 12.1 Å². The normalized spacial score (nSPS) is 14.4. The van der Waals surface area contributed by atoms with Crippen molar-refractivity contribution >= 4 is 28.6 Å². The van der Waals surface area contributed by atoms with E-state index in [4.69, 9.17) is 4.74 Å². The van der Waals surface area contributed by atoms with Gasteiger partial charge in [0.25, 0.3) is 11.5 Å². The number of nitrogens with zero attached hydrogens (tertiary/aromatic N) is 4. The highest BCUT2D eigenvalue weighted by Crippen LogP contribution is 2.16. The van der Waals surface area contributed by atoms with Crippen LogP contribution < -0.4 is 15.9 Å². The Morgan fingerprint density at radius 1 is 1.10 bits per heavy atom. The van der Waals surface area contributed by atoms with Gasteiger partial charge in [-0.15, -0.1) is 0 Å². The molecule has 8 heteroatoms. The van der Waals surface area contributed by atoms with Crippen LogP contribution in [0.15, 0.2) is 58.4 Å². The summed E-state index contributed by atoms with van der Waals surface area (Å²) in [5, 5.41) is 9.07. The first-order valence-electron chi connectivity index (χ1n) is 9.36. The molecular weight excluding hydrogens is 370 g/mol. The first-order valence-corrected chi connectivity index (χ1v) is 9.36. The molecule has 0 spiro atoms. The predicted octanol–water partition coefficient (Wildman–Crippen LogP) is 1.53. The summed E-state index contributed by atoms with van der Waals surface area (Å²) in [6.45, 7) is 3.24. The standard InChI is InChI=1S/C21H21N5O3/c1-25-21(28)18-5-3-2-4-17(18)19(24-25)20(27)23-22-14-15-6-8-16(9-7-15)26-10-12-29-13-11-26/h2-9,14H,10-13H2,1H3,(H,23,27)/b22-14-. The lowest BCUT2D eigenvalue weighted by Crippen LogP contribution is -2.36. The minimum absolute atomic E-state index is 0.155. The third kappa shape index (κ3) is 4.02. The minimum Gasteiger partial charge on any atom is -0.378 e. The molecule has 2 aromatic carbocycles. The van der Waals surface area contributed by atoms with Crippen LogP contribution in [0.3, 0.4) is 0 Å². The third-order valence-electron chi connectivity index (χ3n) is 4.82. The quantitative estimate of drug-likeness (QED) is 0.538. The molecule has 3 aromatic rings. The molecule has 0 saturated carbocycles. The number of morpholine rings is 1. The fourth-order valence-electron chi connectivity index (χ4n) is 3.28. The molecule has 1 N–H and O–H groups in total. The van der Waals surface area contributed by atoms with E-state index in [9.17, 15) is 9.59 Å². The van der Waals surface area contributed by atoms with E-state index in [2.05, 4.69) is 20.5 Å². The van der Waals surface area contributed by atoms with Gasteiger partial charge in [-0.2, -0.15) is 10.2 Å². The summed E-state index contributed by atoms with van der Waals surface area (Å²) in [5.41, 5.74) is 4.39. The second-order valence-electron chi connectivity index (χ2n) is 6.71. The fourth-order valence-corrected chi connectivity index (χ4v) is 3.28. The van der Waals surface area contributed by atoms with Gasteiger partial charge in [-0.05, 0) is 23.8 Å². The number of hydrazone groups is 1. The number of carbonyl (C=O) groups excluding carboxylic acids is 1. The molecular formula is C21H21N5O3. The topological polar surface area (TPSA) is 88.8 Å². The van der Waals surface area contributed by atoms with Gasteiger partial charge in [-0.25, -0.2) is 10.1 Å². The smallest absolute Gasteiger partial charge is 0.292 e. The number of hydrogen-bond acceptors (Lipinski definition) is 6. The zero-order chi connectivity index (χ0) is 20.2. The summed E-state index contributed by atoms with van der Waals surface area (Å²) < 4.78 is 6.53. The SMILES string of the molecule is Cn1nc(C(=O)N/N=C\c2ccc(N3CCOCC3)cc2)c2ccccc2c1=O. The number of rotatable bonds is 4. The second-order valence-corrected chi connectivity index (χ2v) is 6.71. The van der Waals surface area contributed by atoms with Crippen molar-refractivity contribution in [2.45, 2.75) is 0 Å². The molecule has 0 atom stereocenters. The summed E-state index contributed by atoms with van der Waals surface area (Å²) in [6, 6.07) is 14.8. The number of anilines is 1. The highest BCUT2D eigenvalue weighted by molar-refractivity contribution is 6.04. The van der Waals surface area contributed by atoms with Gasteiger partial charge in [-0.3, -0.25) is 9.59 Å². The van der Waals surface area contributed by atoms with E-state index in [0.717, 1.165) is 42.2 Å². The molecule has 0 radical (unpaired) electrons. The molecule has 1 aromatic heterocycles. The summed E-state index contributed by atoms with van der Waals surface area (Å²) in [5.74, 6) is -0.474. The number of aryl methyl sites for hydroxylation is 1. The molecule has 1 saturated heterocycles. The maximum Gasteiger partial charge on any atom is 0.292 e. The largest absolute Gasteiger partial charge is 0.378 e. The molecule has 148 valence electrons. The van der Waals surface area contributed by atoms with Gasteiger partial charge < -0.3 is 9.64 Å². The van der Waals surface area contributed by atoms with Crippen molar-refractivity contribution in [1.29, 1.82) is 0 Å². The van der Waals surface area contributed by atoms with E-state index in [1.165, 1.54) is 7.05 Å². The Hall–Kier alpha value is -3.52. The molecule has 1 fully saturated rings. The van der Waals surface area contributed by atoms with Crippen LogP contribution >= 0.6 is 0 Å². The summed E-state index contributed by atoms with van der Waals surface area (Å²) in [4.78, 5) is 27.0. The maximum atomic E-state index is 12.6. The van der Waals surface area contributed by atoms with Gasteiger partial charge in [0.1, 0.15) is 0 Å². The Morgan fingerprint density at radius 2 is 1.79 bits per heavy atom. The molecule has 1 amide bonds. The number of fused-ring (bicyclic) bond motifs is 1. The van der Waals surface area contributed by atoms with Crippen LogP contribution in [0.2, 0.25) is 0 Å². The third-order valence-corrected chi connectivity index (χ3v) is 4.82. The predicted molar refractivity (Wildman–Crippen MR) is 112 cm³/mol. The molecule has 29 heavy (non-hydrogen) atoms. The number of ether oxygens (including phenoxy) is 1. The average Bonchev–Trinajstić information content (AvgIpc) is 2.77. The lowest BCUT2D eigenvalue weighted by molar-refractivity contribution is 0.0950. The first-order chi connectivity index (χ1) is 14.1. The molecule has 0 aliphatic carbocycles. The van der Waals surface area contributed by atoms with E-state index < -0.39 is 5.91 Å². The van der Waals surface area contributed by atoms with Crippen LogP contribution in [0.25, 0.3) is 10.8 Å². The molecule has 0 bridgehead atoms. The number of benzene rings is 2. The van der Waals surface area contributed by atoms with Crippen LogP contribution in [0, 0.1) is 0 Å². The zero-order valence-electron chi connectivity index (χ0n) is 16.0. The molecule has 1 aliphatic heterocycles. The Kier molecular flexibility index (Phi) is 5.35. The van der Waals surface area contributed by atoms with Crippen molar-refractivity contribution < 1.29 is 9.53 Å². The molecule has 1 aliphatic rings. The van der Waals surface area contributed by atoms with Crippen LogP contribution in [-0.4, -0.2) is 48.2 Å². The Balaban J connectivity index is 1.47. The number of aromatic nitrogens is 2. The van der Waals surface area contributed by atoms with Crippen LogP contribution in [0.4, 0.5) is 5.69 Å². The van der Waals surface area contributed by atoms with Gasteiger partial charge in [-0.1, -0.05) is 30.3 Å². The Bertz CT molecular complexity index is 1120. The number of nitrogens with one attached hydrogen (secondary N) is 1. The summed E-state index contributed by atoms with van der Waals surface area (Å²) in [7, 11) is 1.52. The van der Waals surface area contributed by atoms with E-state index in [0.29, 0.717) is 10.8 Å². The highest BCUT2D eigenvalue weighted by Gasteiger charge is 2.15. The van der Waals surface area contributed by atoms with E-state index in [-0.39, 0.29) is 11.3 Å². The maximum absolute atomic E-state index is 12.6. The monoisotopic (exact) mass is 391 g/mol. The summed E-state index contributed by atoms with van der Waals surface area (Å²) >= 11 is 0. The van der Waals surface area contributed by atoms with Gasteiger partial charge in [0.15, 0.2) is 5.69 Å². The van der Waals surface area contributed by atoms with Gasteiger partial charge in [0.05, 0.1) is 24.8 Å². The van der Waals surface area contributed by atoms with Crippen LogP contribution in [-0.2, 0) is 11.8 Å². The van der Waals surface area contributed by atoms with E-state index in [1.807, 2.05) is 24.3 Å². The number of carbonyl (C=O) groups is 1. The minimum atomic E-state index is -0.474. The van der Waals surface area contributed by atoms with Gasteiger partial charge in [0, 0.05) is 31.2 Å². The molecule has 4 rings (SSSR count). The second kappa shape index (κ2) is 8.24. The van der Waals surface area contributed by atoms with Crippen LogP contribution in [0.5, 0.6) is 0 Å². The number of hydrogen-bond donors (Lipinski definition) is 1. The fraction of sp³-hybridized carbons (Fsp3) is 0.238. The van der Waals surface area contributed by atoms with Gasteiger partial charge >= 0.3 is 0 Å². The zero-order valence-corrected chi connectivity index (χ0v) is 16.0. The van der Waals surface area contributed by atoms with E-state index >= 15 is 0 Å². The Morgan fingerprint density at radius 3 is 2.52 bits per heavy atom. The lowest BCUT2D eigenvalue weighted by Gasteiger charge is -2.28. The van der Waals surface area contributed by atoms with Gasteiger partial charge in [0.2, 0.25) is 0 Å². The first kappa shape index (κ1) is 18.8. The van der Waals surface area contributed by atoms with Crippen molar-refractivity contribution in [2.75, 3.05) is 31.2 Å². The van der Waals surface area contributed by atoms with Crippen molar-refractivity contribution in [1.82, 2.24) is 15.2 Å². The van der Waals surface area contributed by atoms with Crippen molar-refractivity contribution in [3.63, 3.8) is 0 Å². The lowest BCUT2D eigenvalue weighted by atomic mass is 10.1. The van der Waals surface area contributed by atoms with Crippen molar-refractivity contribution in [3.8, 4) is 0 Å². The summed E-state index contributed by atoms with van der Waals surface area (Å²) in [6.07, 6.45) is 1.57. The highest BCUT2D eigenvalue weighted by atomic mass is 16.5. The molecule has 0 unspecified atom stereocenters. The molecule has 2 heterocycles. The Labute approximate surface area is 167 Å².